The maximum absolute atomic E-state index is 13.3. The molecule has 0 unspecified atom stereocenters. The first kappa shape index (κ1) is 20.7. The average molecular weight is 437 g/mol. The maximum Gasteiger partial charge on any atom is 0.233 e. The van der Waals surface area contributed by atoms with E-state index in [0.717, 1.165) is 27.1 Å². The second-order valence-electron chi connectivity index (χ2n) is 7.46. The highest BCUT2D eigenvalue weighted by Crippen LogP contribution is 2.32. The average Bonchev–Trinajstić information content (AvgIpc) is 3.37. The molecule has 154 valence electrons. The number of hydrogen-bond donors (Lipinski definition) is 0. The fourth-order valence-corrected chi connectivity index (χ4v) is 5.14. The molecule has 2 aromatic heterocycles. The Bertz CT molecular complexity index is 1130. The van der Waals surface area contributed by atoms with Gasteiger partial charge in [-0.3, -0.25) is 9.69 Å². The van der Waals surface area contributed by atoms with Gasteiger partial charge in [-0.15, -0.1) is 11.8 Å². The van der Waals surface area contributed by atoms with E-state index >= 15 is 0 Å². The van der Waals surface area contributed by atoms with Crippen LogP contribution >= 0.6 is 23.1 Å². The molecule has 4 aromatic rings. The minimum atomic E-state index is 0.00683. The minimum Gasteiger partial charge on any atom is -0.467 e. The van der Waals surface area contributed by atoms with E-state index in [4.69, 9.17) is 9.40 Å². The van der Waals surface area contributed by atoms with Crippen molar-refractivity contribution in [2.24, 2.45) is 0 Å². The van der Waals surface area contributed by atoms with Crippen molar-refractivity contribution in [1.82, 2.24) is 4.98 Å². The van der Waals surface area contributed by atoms with E-state index in [-0.39, 0.29) is 5.91 Å². The second kappa shape index (κ2) is 9.06. The fraction of sp³-hybridized carbons (Fsp3) is 0.250. The Morgan fingerprint density at radius 2 is 1.93 bits per heavy atom. The molecule has 0 radical (unpaired) electrons. The van der Waals surface area contributed by atoms with Crippen LogP contribution in [-0.2, 0) is 17.8 Å². The van der Waals surface area contributed by atoms with E-state index in [2.05, 4.69) is 26.0 Å². The topological polar surface area (TPSA) is 46.3 Å². The van der Waals surface area contributed by atoms with Gasteiger partial charge in [0, 0.05) is 10.1 Å². The van der Waals surface area contributed by atoms with Gasteiger partial charge in [0.2, 0.25) is 5.91 Å². The lowest BCUT2D eigenvalue weighted by Gasteiger charge is -2.19. The molecule has 0 spiro atoms. The third-order valence-electron chi connectivity index (χ3n) is 4.69. The molecular weight excluding hydrogens is 412 g/mol. The highest BCUT2D eigenvalue weighted by atomic mass is 32.2. The van der Waals surface area contributed by atoms with Crippen molar-refractivity contribution in [3.8, 4) is 0 Å². The second-order valence-corrected chi connectivity index (χ2v) is 10.1. The molecule has 0 saturated carbocycles. The summed E-state index contributed by atoms with van der Waals surface area (Å²) in [4.78, 5) is 21.0. The minimum absolute atomic E-state index is 0.00683. The Morgan fingerprint density at radius 3 is 2.60 bits per heavy atom. The first-order chi connectivity index (χ1) is 14.5. The Morgan fingerprint density at radius 1 is 1.13 bits per heavy atom. The number of rotatable bonds is 7. The van der Waals surface area contributed by atoms with E-state index in [9.17, 15) is 4.79 Å². The van der Waals surface area contributed by atoms with Gasteiger partial charge in [0.25, 0.3) is 0 Å². The van der Waals surface area contributed by atoms with Crippen molar-refractivity contribution in [1.29, 1.82) is 0 Å². The van der Waals surface area contributed by atoms with Crippen LogP contribution in [0.15, 0.2) is 70.2 Å². The van der Waals surface area contributed by atoms with E-state index in [0.29, 0.717) is 23.3 Å². The van der Waals surface area contributed by atoms with Crippen molar-refractivity contribution in [3.05, 3.63) is 77.7 Å². The van der Waals surface area contributed by atoms with Gasteiger partial charge in [0.1, 0.15) is 5.76 Å². The summed E-state index contributed by atoms with van der Waals surface area (Å²) in [5.74, 6) is 0.746. The van der Waals surface area contributed by atoms with Gasteiger partial charge in [-0.1, -0.05) is 49.4 Å². The molecule has 1 amide bonds. The van der Waals surface area contributed by atoms with Crippen molar-refractivity contribution in [2.75, 3.05) is 4.90 Å². The molecule has 0 aliphatic carbocycles. The number of benzene rings is 2. The van der Waals surface area contributed by atoms with E-state index < -0.39 is 0 Å². The molecule has 4 nitrogen and oxygen atoms in total. The first-order valence-corrected chi connectivity index (χ1v) is 11.6. The number of aromatic nitrogens is 1. The summed E-state index contributed by atoms with van der Waals surface area (Å²) in [7, 11) is 0. The molecule has 0 N–H and O–H groups in total. The number of thiazole rings is 1. The number of fused-ring (bicyclic) bond motifs is 1. The lowest BCUT2D eigenvalue weighted by atomic mass is 10.1. The van der Waals surface area contributed by atoms with E-state index in [1.165, 1.54) is 16.2 Å². The molecule has 0 saturated heterocycles. The smallest absolute Gasteiger partial charge is 0.233 e. The number of thioether (sulfide) groups is 1. The third kappa shape index (κ3) is 4.77. The zero-order valence-electron chi connectivity index (χ0n) is 17.3. The molecule has 2 heterocycles. The zero-order chi connectivity index (χ0) is 21.1. The maximum atomic E-state index is 13.3. The number of amides is 1. The number of aryl methyl sites for hydroxylation is 1. The molecule has 4 rings (SSSR count). The summed E-state index contributed by atoms with van der Waals surface area (Å²) in [6.45, 7) is 6.76. The van der Waals surface area contributed by atoms with Gasteiger partial charge in [-0.25, -0.2) is 4.98 Å². The highest BCUT2D eigenvalue weighted by Gasteiger charge is 2.22. The lowest BCUT2D eigenvalue weighted by Crippen LogP contribution is -2.31. The molecular formula is C24H24N2O2S2. The molecule has 6 heteroatoms. The Balaban J connectivity index is 1.60. The number of carbonyl (C=O) groups excluding carboxylic acids is 1. The van der Waals surface area contributed by atoms with Crippen LogP contribution in [0.1, 0.15) is 30.7 Å². The van der Waals surface area contributed by atoms with Crippen molar-refractivity contribution in [2.45, 2.75) is 43.9 Å². The Kier molecular flexibility index (Phi) is 6.25. The molecule has 0 aliphatic rings. The van der Waals surface area contributed by atoms with Gasteiger partial charge in [0.15, 0.2) is 5.13 Å². The standard InChI is InChI=1S/C24H24N2O2S2/c1-16(2)29-20-11-9-18(10-12-20)14-22(27)26(15-19-7-5-13-28-19)24-25-23-17(3)6-4-8-21(23)30-24/h4-13,16H,14-15H2,1-3H3. The largest absolute Gasteiger partial charge is 0.467 e. The molecule has 0 bridgehead atoms. The van der Waals surface area contributed by atoms with Crippen LogP contribution in [0.25, 0.3) is 10.2 Å². The van der Waals surface area contributed by atoms with Crippen LogP contribution in [0.3, 0.4) is 0 Å². The Labute approximate surface area is 184 Å². The van der Waals surface area contributed by atoms with Crippen molar-refractivity contribution in [3.63, 3.8) is 0 Å². The van der Waals surface area contributed by atoms with Gasteiger partial charge in [-0.2, -0.15) is 0 Å². The number of para-hydroxylation sites is 1. The summed E-state index contributed by atoms with van der Waals surface area (Å²) in [6, 6.07) is 18.1. The normalized spacial score (nSPS) is 11.3. The third-order valence-corrected chi connectivity index (χ3v) is 6.75. The van der Waals surface area contributed by atoms with Crippen LogP contribution in [0.4, 0.5) is 5.13 Å². The number of nitrogens with zero attached hydrogens (tertiary/aromatic N) is 2. The van der Waals surface area contributed by atoms with Crippen LogP contribution in [0, 0.1) is 6.92 Å². The quantitative estimate of drug-likeness (QED) is 0.311. The molecule has 2 aromatic carbocycles. The lowest BCUT2D eigenvalue weighted by molar-refractivity contribution is -0.118. The summed E-state index contributed by atoms with van der Waals surface area (Å²) in [6.07, 6.45) is 1.95. The SMILES string of the molecule is Cc1cccc2sc(N(Cc3ccco3)C(=O)Cc3ccc(SC(C)C)cc3)nc12. The van der Waals surface area contributed by atoms with Gasteiger partial charge in [-0.05, 0) is 48.4 Å². The van der Waals surface area contributed by atoms with Crippen LogP contribution < -0.4 is 4.90 Å². The summed E-state index contributed by atoms with van der Waals surface area (Å²) >= 11 is 3.36. The predicted octanol–water partition coefficient (Wildman–Crippen LogP) is 6.47. The predicted molar refractivity (Wildman–Crippen MR) is 125 cm³/mol. The number of furan rings is 1. The molecule has 0 aliphatic heterocycles. The number of carbonyl (C=O) groups is 1. The summed E-state index contributed by atoms with van der Waals surface area (Å²) in [5.41, 5.74) is 3.05. The van der Waals surface area contributed by atoms with Crippen LogP contribution in [0.2, 0.25) is 0 Å². The first-order valence-electron chi connectivity index (χ1n) is 9.94. The highest BCUT2D eigenvalue weighted by molar-refractivity contribution is 7.99. The number of anilines is 1. The molecule has 30 heavy (non-hydrogen) atoms. The number of hydrogen-bond acceptors (Lipinski definition) is 5. The fourth-order valence-electron chi connectivity index (χ4n) is 3.24. The van der Waals surface area contributed by atoms with Crippen molar-refractivity contribution >= 4 is 44.4 Å². The summed E-state index contributed by atoms with van der Waals surface area (Å²) in [5, 5.41) is 1.23. The van der Waals surface area contributed by atoms with Crippen LogP contribution in [0.5, 0.6) is 0 Å². The molecule has 0 fully saturated rings. The van der Waals surface area contributed by atoms with E-state index in [1.807, 2.05) is 61.2 Å². The van der Waals surface area contributed by atoms with Crippen LogP contribution in [-0.4, -0.2) is 16.1 Å². The van der Waals surface area contributed by atoms with Gasteiger partial charge >= 0.3 is 0 Å². The molecule has 0 atom stereocenters. The zero-order valence-corrected chi connectivity index (χ0v) is 18.9. The van der Waals surface area contributed by atoms with Crippen molar-refractivity contribution < 1.29 is 9.21 Å². The van der Waals surface area contributed by atoms with E-state index in [1.54, 1.807) is 11.2 Å². The Hall–Kier alpha value is -2.57. The summed E-state index contributed by atoms with van der Waals surface area (Å²) < 4.78 is 6.60. The monoisotopic (exact) mass is 436 g/mol. The van der Waals surface area contributed by atoms with Gasteiger partial charge in [0.05, 0.1) is 29.4 Å². The van der Waals surface area contributed by atoms with Gasteiger partial charge < -0.3 is 4.42 Å².